The van der Waals surface area contributed by atoms with E-state index < -0.39 is 12.0 Å². The van der Waals surface area contributed by atoms with Crippen molar-refractivity contribution in [2.75, 3.05) is 5.32 Å². The maximum absolute atomic E-state index is 11.0. The molecule has 1 unspecified atom stereocenters. The van der Waals surface area contributed by atoms with Gasteiger partial charge in [0, 0.05) is 0 Å². The monoisotopic (exact) mass is 241 g/mol. The molecule has 0 amide bonds. The molecule has 3 nitrogen and oxygen atoms in total. The highest BCUT2D eigenvalue weighted by Crippen LogP contribution is 2.24. The van der Waals surface area contributed by atoms with Gasteiger partial charge in [-0.1, -0.05) is 31.0 Å². The van der Waals surface area contributed by atoms with Crippen molar-refractivity contribution in [2.45, 2.75) is 32.7 Å². The van der Waals surface area contributed by atoms with Crippen molar-refractivity contribution in [2.24, 2.45) is 0 Å². The maximum Gasteiger partial charge on any atom is 0.326 e. The fraction of sp³-hybridized carbons (Fsp3) is 0.417. The summed E-state index contributed by atoms with van der Waals surface area (Å²) in [7, 11) is 0. The van der Waals surface area contributed by atoms with Crippen LogP contribution in [0.1, 0.15) is 25.3 Å². The minimum absolute atomic E-state index is 0.558. The van der Waals surface area contributed by atoms with E-state index in [1.165, 1.54) is 0 Å². The average molecular weight is 242 g/mol. The Balaban J connectivity index is 2.81. The van der Waals surface area contributed by atoms with Crippen LogP contribution >= 0.6 is 11.6 Å². The normalized spacial score (nSPS) is 12.2. The van der Waals surface area contributed by atoms with Crippen LogP contribution in [0.4, 0.5) is 5.69 Å². The summed E-state index contributed by atoms with van der Waals surface area (Å²) in [5.74, 6) is -0.849. The van der Waals surface area contributed by atoms with Gasteiger partial charge in [-0.25, -0.2) is 4.79 Å². The number of carboxylic acids is 1. The second-order valence-electron chi connectivity index (χ2n) is 3.81. The lowest BCUT2D eigenvalue weighted by molar-refractivity contribution is -0.138. The van der Waals surface area contributed by atoms with E-state index in [1.807, 2.05) is 32.0 Å². The molecule has 0 aromatic heterocycles. The Morgan fingerprint density at radius 1 is 1.56 bits per heavy atom. The van der Waals surface area contributed by atoms with Crippen LogP contribution in [0.2, 0.25) is 5.02 Å². The molecule has 4 heteroatoms. The number of carboxylic acid groups (broad SMARTS) is 1. The molecule has 1 aromatic carbocycles. The van der Waals surface area contributed by atoms with Crippen molar-refractivity contribution >= 4 is 23.3 Å². The molecule has 0 aliphatic carbocycles. The Labute approximate surface area is 100 Å². The number of rotatable bonds is 5. The highest BCUT2D eigenvalue weighted by molar-refractivity contribution is 6.33. The molecular formula is C12H16ClNO2. The maximum atomic E-state index is 11.0. The second kappa shape index (κ2) is 5.75. The van der Waals surface area contributed by atoms with Crippen molar-refractivity contribution in [1.82, 2.24) is 0 Å². The van der Waals surface area contributed by atoms with Gasteiger partial charge in [-0.15, -0.1) is 0 Å². The van der Waals surface area contributed by atoms with Gasteiger partial charge in [0.1, 0.15) is 6.04 Å². The predicted molar refractivity (Wildman–Crippen MR) is 66.1 cm³/mol. The van der Waals surface area contributed by atoms with Crippen molar-refractivity contribution in [3.8, 4) is 0 Å². The van der Waals surface area contributed by atoms with E-state index in [4.69, 9.17) is 16.7 Å². The zero-order valence-corrected chi connectivity index (χ0v) is 10.2. The molecular weight excluding hydrogens is 226 g/mol. The summed E-state index contributed by atoms with van der Waals surface area (Å²) in [4.78, 5) is 11.0. The van der Waals surface area contributed by atoms with Gasteiger partial charge in [-0.2, -0.15) is 0 Å². The lowest BCUT2D eigenvalue weighted by atomic mass is 10.1. The van der Waals surface area contributed by atoms with E-state index in [-0.39, 0.29) is 0 Å². The quantitative estimate of drug-likeness (QED) is 0.832. The number of carbonyl (C=O) groups is 1. The molecule has 16 heavy (non-hydrogen) atoms. The highest BCUT2D eigenvalue weighted by Gasteiger charge is 2.16. The number of hydrogen-bond acceptors (Lipinski definition) is 2. The number of aliphatic carboxylic acids is 1. The van der Waals surface area contributed by atoms with Crippen LogP contribution in [0.3, 0.4) is 0 Å². The zero-order valence-electron chi connectivity index (χ0n) is 9.46. The minimum atomic E-state index is -0.849. The molecule has 0 saturated carbocycles. The van der Waals surface area contributed by atoms with Gasteiger partial charge in [0.2, 0.25) is 0 Å². The Morgan fingerprint density at radius 3 is 2.75 bits per heavy atom. The number of hydrogen-bond donors (Lipinski definition) is 2. The van der Waals surface area contributed by atoms with Gasteiger partial charge in [-0.05, 0) is 31.0 Å². The number of anilines is 1. The molecule has 88 valence electrons. The molecule has 0 bridgehead atoms. The molecule has 0 heterocycles. The zero-order chi connectivity index (χ0) is 12.1. The number of halogens is 1. The molecule has 1 atom stereocenters. The van der Waals surface area contributed by atoms with Gasteiger partial charge < -0.3 is 10.4 Å². The molecule has 0 radical (unpaired) electrons. The molecule has 1 aromatic rings. The number of nitrogens with one attached hydrogen (secondary N) is 1. The van der Waals surface area contributed by atoms with Gasteiger partial charge in [-0.3, -0.25) is 0 Å². The number of benzene rings is 1. The van der Waals surface area contributed by atoms with E-state index >= 15 is 0 Å². The lowest BCUT2D eigenvalue weighted by Gasteiger charge is -2.16. The first-order valence-electron chi connectivity index (χ1n) is 5.30. The summed E-state index contributed by atoms with van der Waals surface area (Å²) in [6.07, 6.45) is 1.40. The van der Waals surface area contributed by atoms with Gasteiger partial charge in [0.05, 0.1) is 10.7 Å². The van der Waals surface area contributed by atoms with Crippen LogP contribution in [0.25, 0.3) is 0 Å². The minimum Gasteiger partial charge on any atom is -0.480 e. The van der Waals surface area contributed by atoms with Crippen LogP contribution < -0.4 is 5.32 Å². The van der Waals surface area contributed by atoms with Crippen molar-refractivity contribution in [1.29, 1.82) is 0 Å². The summed E-state index contributed by atoms with van der Waals surface area (Å²) in [5.41, 5.74) is 1.73. The first kappa shape index (κ1) is 12.8. The Morgan fingerprint density at radius 2 is 2.25 bits per heavy atom. The Kier molecular flexibility index (Phi) is 4.62. The smallest absolute Gasteiger partial charge is 0.326 e. The van der Waals surface area contributed by atoms with E-state index in [9.17, 15) is 4.79 Å². The summed E-state index contributed by atoms with van der Waals surface area (Å²) >= 11 is 6.02. The van der Waals surface area contributed by atoms with Gasteiger partial charge in [0.25, 0.3) is 0 Å². The lowest BCUT2D eigenvalue weighted by Crippen LogP contribution is -2.29. The molecule has 1 rings (SSSR count). The Hall–Kier alpha value is -1.22. The van der Waals surface area contributed by atoms with Gasteiger partial charge >= 0.3 is 5.97 Å². The molecule has 0 saturated heterocycles. The first-order chi connectivity index (χ1) is 7.54. The van der Waals surface area contributed by atoms with Crippen LogP contribution in [0.5, 0.6) is 0 Å². The second-order valence-corrected chi connectivity index (χ2v) is 4.21. The van der Waals surface area contributed by atoms with Gasteiger partial charge in [0.15, 0.2) is 0 Å². The van der Waals surface area contributed by atoms with Crippen LogP contribution in [0.15, 0.2) is 18.2 Å². The van der Waals surface area contributed by atoms with Crippen LogP contribution in [-0.4, -0.2) is 17.1 Å². The molecule has 0 fully saturated rings. The highest BCUT2D eigenvalue weighted by atomic mass is 35.5. The number of aryl methyl sites for hydroxylation is 1. The van der Waals surface area contributed by atoms with E-state index in [0.717, 1.165) is 12.0 Å². The summed E-state index contributed by atoms with van der Waals surface area (Å²) in [5, 5.41) is 12.5. The fourth-order valence-electron chi connectivity index (χ4n) is 1.47. The molecule has 2 N–H and O–H groups in total. The van der Waals surface area contributed by atoms with Crippen molar-refractivity contribution < 1.29 is 9.90 Å². The summed E-state index contributed by atoms with van der Waals surface area (Å²) in [6.45, 7) is 3.89. The summed E-state index contributed by atoms with van der Waals surface area (Å²) in [6, 6.07) is 4.95. The Bertz CT molecular complexity index is 379. The molecule has 0 spiro atoms. The average Bonchev–Trinajstić information content (AvgIpc) is 2.20. The topological polar surface area (TPSA) is 49.3 Å². The molecule has 0 aliphatic rings. The summed E-state index contributed by atoms with van der Waals surface area (Å²) < 4.78 is 0. The van der Waals surface area contributed by atoms with Crippen LogP contribution in [-0.2, 0) is 4.79 Å². The third-order valence-corrected chi connectivity index (χ3v) is 2.64. The third kappa shape index (κ3) is 3.42. The largest absolute Gasteiger partial charge is 0.480 e. The van der Waals surface area contributed by atoms with Crippen molar-refractivity contribution in [3.63, 3.8) is 0 Å². The standard InChI is InChI=1S/C12H16ClNO2/c1-3-4-11(12(15)16)14-10-6-5-8(2)7-9(10)13/h5-7,11,14H,3-4H2,1-2H3,(H,15,16). The van der Waals surface area contributed by atoms with E-state index in [2.05, 4.69) is 5.32 Å². The predicted octanol–water partition coefficient (Wildman–Crippen LogP) is 3.31. The van der Waals surface area contributed by atoms with Crippen LogP contribution in [0, 0.1) is 6.92 Å². The molecule has 0 aliphatic heterocycles. The third-order valence-electron chi connectivity index (χ3n) is 2.33. The fourth-order valence-corrected chi connectivity index (χ4v) is 1.76. The van der Waals surface area contributed by atoms with E-state index in [1.54, 1.807) is 0 Å². The van der Waals surface area contributed by atoms with E-state index in [0.29, 0.717) is 17.1 Å². The first-order valence-corrected chi connectivity index (χ1v) is 5.68. The van der Waals surface area contributed by atoms with Crippen molar-refractivity contribution in [3.05, 3.63) is 28.8 Å². The SMILES string of the molecule is CCCC(Nc1ccc(C)cc1Cl)C(=O)O.